The molecule has 1 aromatic rings. The van der Waals surface area contributed by atoms with Gasteiger partial charge < -0.3 is 11.5 Å². The van der Waals surface area contributed by atoms with Gasteiger partial charge in [-0.05, 0) is 25.5 Å². The summed E-state index contributed by atoms with van der Waals surface area (Å²) >= 11 is 1.41. The summed E-state index contributed by atoms with van der Waals surface area (Å²) < 4.78 is 0. The predicted octanol–water partition coefficient (Wildman–Crippen LogP) is 0.737. The highest BCUT2D eigenvalue weighted by Gasteiger charge is 2.05. The predicted molar refractivity (Wildman–Crippen MR) is 50.2 cm³/mol. The molecule has 66 valence electrons. The second kappa shape index (κ2) is 3.69. The summed E-state index contributed by atoms with van der Waals surface area (Å²) in [6.07, 6.45) is 0.804. The molecule has 1 atom stereocenters. The van der Waals surface area contributed by atoms with Crippen molar-refractivity contribution in [3.05, 3.63) is 21.9 Å². The third-order valence-corrected chi connectivity index (χ3v) is 2.55. The van der Waals surface area contributed by atoms with E-state index < -0.39 is 0 Å². The van der Waals surface area contributed by atoms with Crippen molar-refractivity contribution in [2.24, 2.45) is 11.5 Å². The Morgan fingerprint density at radius 2 is 2.33 bits per heavy atom. The summed E-state index contributed by atoms with van der Waals surface area (Å²) in [6, 6.07) is 3.77. The van der Waals surface area contributed by atoms with Gasteiger partial charge in [0.2, 0.25) is 0 Å². The Morgan fingerprint density at radius 1 is 1.67 bits per heavy atom. The highest BCUT2D eigenvalue weighted by Crippen LogP contribution is 2.16. The lowest BCUT2D eigenvalue weighted by atomic mass is 10.2. The molecule has 1 heterocycles. The van der Waals surface area contributed by atoms with Crippen LogP contribution >= 0.6 is 11.3 Å². The van der Waals surface area contributed by atoms with Crippen molar-refractivity contribution in [1.29, 1.82) is 0 Å². The lowest BCUT2D eigenvalue weighted by Crippen LogP contribution is -2.16. The fourth-order valence-electron chi connectivity index (χ4n) is 0.937. The fourth-order valence-corrected chi connectivity index (χ4v) is 1.94. The number of hydrogen-bond acceptors (Lipinski definition) is 3. The molecule has 0 bridgehead atoms. The van der Waals surface area contributed by atoms with E-state index in [1.54, 1.807) is 6.07 Å². The van der Waals surface area contributed by atoms with Crippen molar-refractivity contribution >= 4 is 17.2 Å². The first-order valence-electron chi connectivity index (χ1n) is 3.73. The van der Waals surface area contributed by atoms with Crippen LogP contribution in [0.5, 0.6) is 0 Å². The van der Waals surface area contributed by atoms with Crippen LogP contribution in [-0.2, 0) is 6.42 Å². The fraction of sp³-hybridized carbons (Fsp3) is 0.375. The summed E-state index contributed by atoms with van der Waals surface area (Å²) in [5.41, 5.74) is 10.7. The number of rotatable bonds is 3. The van der Waals surface area contributed by atoms with Crippen LogP contribution in [0.3, 0.4) is 0 Å². The Kier molecular flexibility index (Phi) is 2.83. The van der Waals surface area contributed by atoms with Gasteiger partial charge in [-0.15, -0.1) is 11.3 Å². The van der Waals surface area contributed by atoms with E-state index in [1.807, 2.05) is 13.0 Å². The van der Waals surface area contributed by atoms with Crippen LogP contribution in [0.4, 0.5) is 0 Å². The van der Waals surface area contributed by atoms with E-state index in [9.17, 15) is 4.79 Å². The molecule has 0 fully saturated rings. The van der Waals surface area contributed by atoms with E-state index in [1.165, 1.54) is 11.3 Å². The normalized spacial score (nSPS) is 12.8. The van der Waals surface area contributed by atoms with E-state index in [-0.39, 0.29) is 11.9 Å². The van der Waals surface area contributed by atoms with Crippen LogP contribution in [-0.4, -0.2) is 11.9 Å². The zero-order chi connectivity index (χ0) is 9.14. The minimum absolute atomic E-state index is 0.129. The molecular weight excluding hydrogens is 172 g/mol. The molecule has 1 aromatic heterocycles. The number of amides is 1. The number of carbonyl (C=O) groups is 1. The maximum absolute atomic E-state index is 10.7. The smallest absolute Gasteiger partial charge is 0.258 e. The van der Waals surface area contributed by atoms with Crippen LogP contribution in [0, 0.1) is 0 Å². The molecule has 0 saturated carbocycles. The Labute approximate surface area is 75.4 Å². The highest BCUT2D eigenvalue weighted by molar-refractivity contribution is 7.14. The summed E-state index contributed by atoms with van der Waals surface area (Å²) in [5.74, 6) is -0.365. The van der Waals surface area contributed by atoms with Gasteiger partial charge in [0.1, 0.15) is 0 Å². The Hall–Kier alpha value is -0.870. The maximum atomic E-state index is 10.7. The number of carbonyl (C=O) groups excluding carboxylic acids is 1. The lowest BCUT2D eigenvalue weighted by molar-refractivity contribution is 0.100. The average molecular weight is 184 g/mol. The standard InChI is InChI=1S/C8H12N2OS/c1-5(9)4-6-2-3-7(12-6)8(10)11/h2-3,5H,4,9H2,1H3,(H2,10,11)/t5-/m1/s1. The van der Waals surface area contributed by atoms with Crippen molar-refractivity contribution < 1.29 is 4.79 Å². The minimum atomic E-state index is -0.365. The first-order chi connectivity index (χ1) is 5.59. The van der Waals surface area contributed by atoms with E-state index in [0.717, 1.165) is 11.3 Å². The molecule has 0 unspecified atom stereocenters. The van der Waals surface area contributed by atoms with Crippen LogP contribution in [0.2, 0.25) is 0 Å². The van der Waals surface area contributed by atoms with Crippen molar-refractivity contribution in [2.75, 3.05) is 0 Å². The first kappa shape index (κ1) is 9.22. The molecule has 12 heavy (non-hydrogen) atoms. The van der Waals surface area contributed by atoms with Gasteiger partial charge >= 0.3 is 0 Å². The molecule has 3 nitrogen and oxygen atoms in total. The average Bonchev–Trinajstić information content (AvgIpc) is 2.34. The summed E-state index contributed by atoms with van der Waals surface area (Å²) in [7, 11) is 0. The molecule has 1 rings (SSSR count). The van der Waals surface area contributed by atoms with Crippen molar-refractivity contribution in [2.45, 2.75) is 19.4 Å². The van der Waals surface area contributed by atoms with Gasteiger partial charge in [0.15, 0.2) is 0 Å². The largest absolute Gasteiger partial charge is 0.365 e. The monoisotopic (exact) mass is 184 g/mol. The van der Waals surface area contributed by atoms with Gasteiger partial charge in [0.05, 0.1) is 4.88 Å². The van der Waals surface area contributed by atoms with Gasteiger partial charge in [0.25, 0.3) is 5.91 Å². The zero-order valence-corrected chi connectivity index (χ0v) is 7.73. The van der Waals surface area contributed by atoms with Crippen molar-refractivity contribution in [3.8, 4) is 0 Å². The second-order valence-corrected chi connectivity index (χ2v) is 3.98. The topological polar surface area (TPSA) is 69.1 Å². The zero-order valence-electron chi connectivity index (χ0n) is 6.91. The van der Waals surface area contributed by atoms with Crippen molar-refractivity contribution in [1.82, 2.24) is 0 Å². The second-order valence-electron chi connectivity index (χ2n) is 2.81. The molecular formula is C8H12N2OS. The molecule has 4 N–H and O–H groups in total. The Bertz CT molecular complexity index is 280. The molecule has 1 amide bonds. The number of nitrogens with two attached hydrogens (primary N) is 2. The van der Waals surface area contributed by atoms with E-state index in [4.69, 9.17) is 11.5 Å². The highest BCUT2D eigenvalue weighted by atomic mass is 32.1. The quantitative estimate of drug-likeness (QED) is 0.727. The third-order valence-electron chi connectivity index (χ3n) is 1.43. The molecule has 0 aliphatic heterocycles. The van der Waals surface area contributed by atoms with Crippen LogP contribution in [0.15, 0.2) is 12.1 Å². The minimum Gasteiger partial charge on any atom is -0.365 e. The van der Waals surface area contributed by atoms with Gasteiger partial charge in [0, 0.05) is 10.9 Å². The van der Waals surface area contributed by atoms with Crippen LogP contribution in [0.1, 0.15) is 21.5 Å². The van der Waals surface area contributed by atoms with Gasteiger partial charge in [-0.25, -0.2) is 0 Å². The van der Waals surface area contributed by atoms with Gasteiger partial charge in [-0.1, -0.05) is 0 Å². The number of thiophene rings is 1. The molecule has 0 aliphatic rings. The van der Waals surface area contributed by atoms with E-state index >= 15 is 0 Å². The van der Waals surface area contributed by atoms with Gasteiger partial charge in [-0.3, -0.25) is 4.79 Å². The molecule has 0 spiro atoms. The summed E-state index contributed by atoms with van der Waals surface area (Å²) in [4.78, 5) is 12.4. The molecule has 0 saturated heterocycles. The first-order valence-corrected chi connectivity index (χ1v) is 4.55. The molecule has 4 heteroatoms. The van der Waals surface area contributed by atoms with Crippen LogP contribution < -0.4 is 11.5 Å². The maximum Gasteiger partial charge on any atom is 0.258 e. The number of hydrogen-bond donors (Lipinski definition) is 2. The SMILES string of the molecule is C[C@@H](N)Cc1ccc(C(N)=O)s1. The Morgan fingerprint density at radius 3 is 2.75 bits per heavy atom. The third kappa shape index (κ3) is 2.32. The van der Waals surface area contributed by atoms with E-state index in [0.29, 0.717) is 4.88 Å². The number of primary amides is 1. The van der Waals surface area contributed by atoms with Crippen molar-refractivity contribution in [3.63, 3.8) is 0 Å². The summed E-state index contributed by atoms with van der Waals surface area (Å²) in [5, 5.41) is 0. The van der Waals surface area contributed by atoms with Crippen LogP contribution in [0.25, 0.3) is 0 Å². The van der Waals surface area contributed by atoms with Gasteiger partial charge in [-0.2, -0.15) is 0 Å². The molecule has 0 radical (unpaired) electrons. The summed E-state index contributed by atoms with van der Waals surface area (Å²) in [6.45, 7) is 1.93. The lowest BCUT2D eigenvalue weighted by Gasteiger charge is -1.99. The van der Waals surface area contributed by atoms with E-state index in [2.05, 4.69) is 0 Å². The molecule has 0 aliphatic carbocycles. The molecule has 0 aromatic carbocycles. The Balaban J connectivity index is 2.71.